The lowest BCUT2D eigenvalue weighted by Gasteiger charge is -2.12. The molecule has 1 aromatic carbocycles. The topological polar surface area (TPSA) is 68.5 Å². The highest BCUT2D eigenvalue weighted by atomic mass is 16.2. The van der Waals surface area contributed by atoms with Gasteiger partial charge in [-0.2, -0.15) is 5.26 Å². The van der Waals surface area contributed by atoms with Crippen molar-refractivity contribution in [1.29, 1.82) is 5.26 Å². The van der Waals surface area contributed by atoms with Crippen molar-refractivity contribution in [1.82, 2.24) is 10.2 Å². The fourth-order valence-corrected chi connectivity index (χ4v) is 3.30. The Hall–Kier alpha value is -2.61. The number of benzene rings is 1. The van der Waals surface area contributed by atoms with Gasteiger partial charge in [0.2, 0.25) is 5.91 Å². The molecule has 124 valence electrons. The van der Waals surface area contributed by atoms with E-state index in [1.54, 1.807) is 4.90 Å². The normalized spacial score (nSPS) is 23.8. The molecule has 0 radical (unpaired) electrons. The maximum absolute atomic E-state index is 12.5. The van der Waals surface area contributed by atoms with Crippen molar-refractivity contribution in [2.24, 2.45) is 10.9 Å². The molecule has 1 amide bonds. The minimum atomic E-state index is -0.154. The third-order valence-corrected chi connectivity index (χ3v) is 4.67. The van der Waals surface area contributed by atoms with Gasteiger partial charge in [0.05, 0.1) is 5.92 Å². The Kier molecular flexibility index (Phi) is 4.95. The molecular formula is C19H22N4O. The molecule has 1 fully saturated rings. The molecule has 2 atom stereocenters. The summed E-state index contributed by atoms with van der Waals surface area (Å²) in [7, 11) is 0. The summed E-state index contributed by atoms with van der Waals surface area (Å²) in [4.78, 5) is 18.7. The third kappa shape index (κ3) is 3.65. The lowest BCUT2D eigenvalue weighted by atomic mass is 10.0. The van der Waals surface area contributed by atoms with E-state index in [0.717, 1.165) is 12.8 Å². The summed E-state index contributed by atoms with van der Waals surface area (Å²) >= 11 is 0. The highest BCUT2D eigenvalue weighted by Gasteiger charge is 2.33. The van der Waals surface area contributed by atoms with Crippen LogP contribution in [0.15, 0.2) is 41.4 Å². The summed E-state index contributed by atoms with van der Waals surface area (Å²) in [6.07, 6.45) is 6.78. The van der Waals surface area contributed by atoms with Gasteiger partial charge in [0, 0.05) is 19.1 Å². The smallest absolute Gasteiger partial charge is 0.230 e. The van der Waals surface area contributed by atoms with Gasteiger partial charge in [0.25, 0.3) is 0 Å². The second kappa shape index (κ2) is 7.31. The third-order valence-electron chi connectivity index (χ3n) is 4.67. The lowest BCUT2D eigenvalue weighted by molar-refractivity contribution is -0.123. The Morgan fingerprint density at radius 2 is 2.17 bits per heavy atom. The Balaban J connectivity index is 1.71. The van der Waals surface area contributed by atoms with Crippen LogP contribution in [0.3, 0.4) is 0 Å². The summed E-state index contributed by atoms with van der Waals surface area (Å²) in [5.74, 6) is 0.447. The van der Waals surface area contributed by atoms with Crippen LogP contribution in [0.25, 0.3) is 5.57 Å². The average molecular weight is 322 g/mol. The van der Waals surface area contributed by atoms with E-state index in [1.165, 1.54) is 11.1 Å². The van der Waals surface area contributed by atoms with Crippen LogP contribution >= 0.6 is 0 Å². The van der Waals surface area contributed by atoms with Crippen molar-refractivity contribution >= 4 is 17.3 Å². The molecule has 1 N–H and O–H groups in total. The number of likely N-dealkylation sites (tertiary alicyclic amines) is 1. The quantitative estimate of drug-likeness (QED) is 0.851. The maximum Gasteiger partial charge on any atom is 0.230 e. The summed E-state index contributed by atoms with van der Waals surface area (Å²) in [5, 5.41) is 12.0. The number of amides is 1. The van der Waals surface area contributed by atoms with E-state index in [1.807, 2.05) is 31.2 Å². The van der Waals surface area contributed by atoms with Gasteiger partial charge in [-0.05, 0) is 43.4 Å². The number of nitrogens with zero attached hydrogens (tertiary/aromatic N) is 3. The molecule has 0 aliphatic carbocycles. The highest BCUT2D eigenvalue weighted by Crippen LogP contribution is 2.23. The molecule has 0 spiro atoms. The van der Waals surface area contributed by atoms with Gasteiger partial charge < -0.3 is 10.2 Å². The minimum absolute atomic E-state index is 0.0380. The van der Waals surface area contributed by atoms with Crippen LogP contribution in [-0.4, -0.2) is 35.8 Å². The van der Waals surface area contributed by atoms with Gasteiger partial charge in [-0.25, -0.2) is 0 Å². The molecule has 0 bridgehead atoms. The number of nitriles is 1. The Morgan fingerprint density at radius 3 is 2.88 bits per heavy atom. The van der Waals surface area contributed by atoms with E-state index >= 15 is 0 Å². The molecule has 3 rings (SSSR count). The van der Waals surface area contributed by atoms with E-state index in [-0.39, 0.29) is 17.9 Å². The van der Waals surface area contributed by atoms with E-state index in [9.17, 15) is 4.79 Å². The Labute approximate surface area is 142 Å². The predicted molar refractivity (Wildman–Crippen MR) is 94.0 cm³/mol. The number of carbonyl (C=O) groups excluding carboxylic acids is 1. The zero-order valence-corrected chi connectivity index (χ0v) is 13.9. The molecular weight excluding hydrogens is 300 g/mol. The van der Waals surface area contributed by atoms with Crippen molar-refractivity contribution in [3.63, 3.8) is 0 Å². The maximum atomic E-state index is 12.5. The fourth-order valence-electron chi connectivity index (χ4n) is 3.30. The van der Waals surface area contributed by atoms with Gasteiger partial charge in [-0.3, -0.25) is 9.79 Å². The molecule has 2 unspecified atom stereocenters. The first kappa shape index (κ1) is 16.3. The molecule has 0 aromatic heterocycles. The number of allylic oxidation sites excluding steroid dienone is 1. The van der Waals surface area contributed by atoms with Crippen molar-refractivity contribution in [3.05, 3.63) is 42.0 Å². The zero-order valence-electron chi connectivity index (χ0n) is 13.9. The average Bonchev–Trinajstić information content (AvgIpc) is 2.83. The summed E-state index contributed by atoms with van der Waals surface area (Å²) in [6.45, 7) is 3.19. The van der Waals surface area contributed by atoms with E-state index in [0.29, 0.717) is 25.3 Å². The van der Waals surface area contributed by atoms with Gasteiger partial charge in [0.1, 0.15) is 5.84 Å². The van der Waals surface area contributed by atoms with Crippen LogP contribution in [0.5, 0.6) is 0 Å². The largest absolute Gasteiger partial charge is 0.311 e. The summed E-state index contributed by atoms with van der Waals surface area (Å²) < 4.78 is 0. The monoisotopic (exact) mass is 322 g/mol. The van der Waals surface area contributed by atoms with Gasteiger partial charge in [-0.1, -0.05) is 30.3 Å². The van der Waals surface area contributed by atoms with Crippen LogP contribution in [0.4, 0.5) is 0 Å². The zero-order chi connectivity index (χ0) is 16.9. The summed E-state index contributed by atoms with van der Waals surface area (Å²) in [6, 6.07) is 10.3. The molecule has 2 heterocycles. The standard InChI is InChI=1S/C19H22N4O/c1-14-10-17(12-23(14)13-20)19(24)22-18-11-16(8-5-9-21-18)15-6-3-2-4-7-15/h2-4,6-7,11,14,17H,5,8-10,12H2,1H3,(H,21,22,24). The Morgan fingerprint density at radius 1 is 1.38 bits per heavy atom. The van der Waals surface area contributed by atoms with E-state index < -0.39 is 0 Å². The second-order valence-corrected chi connectivity index (χ2v) is 6.43. The number of amidine groups is 1. The van der Waals surface area contributed by atoms with Crippen molar-refractivity contribution in [2.45, 2.75) is 32.2 Å². The van der Waals surface area contributed by atoms with Crippen LogP contribution in [0.1, 0.15) is 31.7 Å². The second-order valence-electron chi connectivity index (χ2n) is 6.43. The number of rotatable bonds is 2. The van der Waals surface area contributed by atoms with E-state index in [4.69, 9.17) is 5.26 Å². The molecule has 2 aliphatic rings. The van der Waals surface area contributed by atoms with Crippen molar-refractivity contribution < 1.29 is 4.79 Å². The minimum Gasteiger partial charge on any atom is -0.311 e. The predicted octanol–water partition coefficient (Wildman–Crippen LogP) is 2.57. The number of carbonyl (C=O) groups is 1. The van der Waals surface area contributed by atoms with Crippen molar-refractivity contribution in [2.75, 3.05) is 13.1 Å². The first-order valence-electron chi connectivity index (χ1n) is 8.45. The molecule has 24 heavy (non-hydrogen) atoms. The lowest BCUT2D eigenvalue weighted by Crippen LogP contribution is -2.36. The van der Waals surface area contributed by atoms with Gasteiger partial charge >= 0.3 is 0 Å². The molecule has 5 nitrogen and oxygen atoms in total. The number of nitrogens with one attached hydrogen (secondary N) is 1. The van der Waals surface area contributed by atoms with Crippen LogP contribution in [0, 0.1) is 17.4 Å². The van der Waals surface area contributed by atoms with Crippen LogP contribution in [-0.2, 0) is 4.79 Å². The molecule has 5 heteroatoms. The first-order chi connectivity index (χ1) is 11.7. The van der Waals surface area contributed by atoms with E-state index in [2.05, 4.69) is 28.6 Å². The number of hydrogen-bond acceptors (Lipinski definition) is 4. The van der Waals surface area contributed by atoms with Crippen molar-refractivity contribution in [3.8, 4) is 6.19 Å². The number of hydrogen-bond donors (Lipinski definition) is 1. The van der Waals surface area contributed by atoms with Crippen LogP contribution in [0.2, 0.25) is 0 Å². The summed E-state index contributed by atoms with van der Waals surface area (Å²) in [5.41, 5.74) is 2.37. The highest BCUT2D eigenvalue weighted by molar-refractivity contribution is 6.08. The molecule has 1 saturated heterocycles. The van der Waals surface area contributed by atoms with Gasteiger partial charge in [-0.15, -0.1) is 0 Å². The van der Waals surface area contributed by atoms with Crippen LogP contribution < -0.4 is 5.32 Å². The molecule has 1 aromatic rings. The number of aliphatic imine (C=N–C) groups is 1. The SMILES string of the molecule is CC1CC(C(=O)NC2=NCCCC(c3ccccc3)=C2)CN1C#N. The molecule has 2 aliphatic heterocycles. The first-order valence-corrected chi connectivity index (χ1v) is 8.45. The Bertz CT molecular complexity index is 702. The fraction of sp³-hybridized carbons (Fsp3) is 0.421. The molecule has 0 saturated carbocycles. The van der Waals surface area contributed by atoms with Gasteiger partial charge in [0.15, 0.2) is 6.19 Å².